The molecule has 0 aliphatic rings. The number of nitrogens with zero attached hydrogens (tertiary/aromatic N) is 3. The summed E-state index contributed by atoms with van der Waals surface area (Å²) in [5.41, 5.74) is 9.39. The second-order valence-electron chi connectivity index (χ2n) is 8.63. The van der Waals surface area contributed by atoms with Crippen molar-refractivity contribution < 1.29 is 4.79 Å². The number of aryl methyl sites for hydroxylation is 5. The molecule has 4 aromatic rings. The molecule has 0 bridgehead atoms. The van der Waals surface area contributed by atoms with Gasteiger partial charge in [-0.15, -0.1) is 0 Å². The number of rotatable bonds is 6. The molecule has 5 nitrogen and oxygen atoms in total. The van der Waals surface area contributed by atoms with Gasteiger partial charge in [-0.3, -0.25) is 4.79 Å². The molecule has 0 fully saturated rings. The quantitative estimate of drug-likeness (QED) is 0.391. The number of aromatic nitrogens is 3. The topological polar surface area (TPSA) is 59.8 Å². The fourth-order valence-electron chi connectivity index (χ4n) is 4.27. The zero-order chi connectivity index (χ0) is 23.7. The van der Waals surface area contributed by atoms with Crippen molar-refractivity contribution in [1.29, 1.82) is 0 Å². The molecule has 0 atom stereocenters. The Labute approximate surface area is 199 Å². The van der Waals surface area contributed by atoms with Gasteiger partial charge in [0.15, 0.2) is 5.65 Å². The van der Waals surface area contributed by atoms with Crippen molar-refractivity contribution in [2.45, 2.75) is 54.0 Å². The van der Waals surface area contributed by atoms with E-state index < -0.39 is 0 Å². The van der Waals surface area contributed by atoms with Crippen LogP contribution in [0.15, 0.2) is 42.5 Å². The van der Waals surface area contributed by atoms with E-state index in [0.717, 1.165) is 44.8 Å². The number of hydrogen-bond acceptors (Lipinski definition) is 3. The molecule has 0 aliphatic carbocycles. The number of nitrogens with one attached hydrogen (secondary N) is 1. The first-order chi connectivity index (χ1) is 15.8. The minimum absolute atomic E-state index is 0.00337. The van der Waals surface area contributed by atoms with Gasteiger partial charge in [0.2, 0.25) is 5.91 Å². The van der Waals surface area contributed by atoms with Gasteiger partial charge in [0.1, 0.15) is 0 Å². The first-order valence-electron chi connectivity index (χ1n) is 11.2. The molecular weight excluding hydrogens is 432 g/mol. The molecule has 0 saturated carbocycles. The molecule has 0 radical (unpaired) electrons. The Morgan fingerprint density at radius 3 is 2.48 bits per heavy atom. The zero-order valence-electron chi connectivity index (χ0n) is 19.8. The largest absolute Gasteiger partial charge is 0.352 e. The molecule has 1 N–H and O–H groups in total. The zero-order valence-corrected chi connectivity index (χ0v) is 20.5. The number of pyridine rings is 1. The monoisotopic (exact) mass is 460 g/mol. The van der Waals surface area contributed by atoms with E-state index in [1.54, 1.807) is 0 Å². The maximum atomic E-state index is 12.5. The van der Waals surface area contributed by atoms with Crippen molar-refractivity contribution in [2.24, 2.45) is 0 Å². The van der Waals surface area contributed by atoms with Gasteiger partial charge < -0.3 is 5.32 Å². The van der Waals surface area contributed by atoms with E-state index in [0.29, 0.717) is 24.4 Å². The van der Waals surface area contributed by atoms with E-state index in [1.807, 2.05) is 42.8 Å². The number of benzene rings is 2. The Morgan fingerprint density at radius 2 is 1.76 bits per heavy atom. The lowest BCUT2D eigenvalue weighted by atomic mass is 9.99. The Bertz CT molecular complexity index is 1360. The van der Waals surface area contributed by atoms with Crippen molar-refractivity contribution in [1.82, 2.24) is 20.1 Å². The van der Waals surface area contributed by atoms with Gasteiger partial charge in [0.05, 0.1) is 11.4 Å². The summed E-state index contributed by atoms with van der Waals surface area (Å²) in [5, 5.41) is 9.50. The van der Waals surface area contributed by atoms with E-state index in [1.165, 1.54) is 11.1 Å². The molecule has 6 heteroatoms. The number of carbonyl (C=O) groups is 1. The Balaban J connectivity index is 1.56. The molecule has 170 valence electrons. The van der Waals surface area contributed by atoms with Crippen molar-refractivity contribution in [3.05, 3.63) is 86.7 Å². The first kappa shape index (κ1) is 23.0. The van der Waals surface area contributed by atoms with Crippen LogP contribution in [0, 0.1) is 34.6 Å². The summed E-state index contributed by atoms with van der Waals surface area (Å²) in [6, 6.07) is 13.9. The summed E-state index contributed by atoms with van der Waals surface area (Å²) < 4.78 is 1.93. The Morgan fingerprint density at radius 1 is 1.00 bits per heavy atom. The lowest BCUT2D eigenvalue weighted by molar-refractivity contribution is -0.121. The minimum Gasteiger partial charge on any atom is -0.352 e. The summed E-state index contributed by atoms with van der Waals surface area (Å²) in [5.74, 6) is -0.00337. The van der Waals surface area contributed by atoms with Crippen LogP contribution in [-0.4, -0.2) is 20.7 Å². The lowest BCUT2D eigenvalue weighted by Gasteiger charge is -2.12. The van der Waals surface area contributed by atoms with Gasteiger partial charge in [-0.25, -0.2) is 9.67 Å². The highest BCUT2D eigenvalue weighted by molar-refractivity contribution is 6.31. The van der Waals surface area contributed by atoms with Gasteiger partial charge in [-0.2, -0.15) is 5.10 Å². The van der Waals surface area contributed by atoms with Crippen LogP contribution in [0.5, 0.6) is 0 Å². The first-order valence-corrected chi connectivity index (χ1v) is 11.6. The average molecular weight is 461 g/mol. The Kier molecular flexibility index (Phi) is 6.52. The molecule has 0 spiro atoms. The normalized spacial score (nSPS) is 11.2. The standard InChI is InChI=1S/C27H29ClN4O/c1-16-10-11-22(14-17(16)2)32-27-26(20(5)31-32)18(3)23(19(4)30-27)12-13-25(33)29-15-21-8-6-7-9-24(21)28/h6-11,14H,12-13,15H2,1-5H3,(H,29,33). The average Bonchev–Trinajstić information content (AvgIpc) is 3.11. The number of hydrogen-bond donors (Lipinski definition) is 1. The molecule has 1 amide bonds. The van der Waals surface area contributed by atoms with E-state index in [-0.39, 0.29) is 5.91 Å². The highest BCUT2D eigenvalue weighted by atomic mass is 35.5. The summed E-state index contributed by atoms with van der Waals surface area (Å²) >= 11 is 6.19. The fraction of sp³-hybridized carbons (Fsp3) is 0.296. The number of halogens is 1. The predicted molar refractivity (Wildman–Crippen MR) is 134 cm³/mol. The number of carbonyl (C=O) groups excluding carboxylic acids is 1. The van der Waals surface area contributed by atoms with Crippen LogP contribution in [0.4, 0.5) is 0 Å². The second-order valence-corrected chi connectivity index (χ2v) is 9.04. The van der Waals surface area contributed by atoms with Gasteiger partial charge in [-0.1, -0.05) is 35.9 Å². The summed E-state index contributed by atoms with van der Waals surface area (Å²) in [6.07, 6.45) is 1.02. The highest BCUT2D eigenvalue weighted by Gasteiger charge is 2.18. The minimum atomic E-state index is -0.00337. The molecule has 2 aromatic heterocycles. The highest BCUT2D eigenvalue weighted by Crippen LogP contribution is 2.28. The second kappa shape index (κ2) is 9.36. The van der Waals surface area contributed by atoms with Gasteiger partial charge >= 0.3 is 0 Å². The van der Waals surface area contributed by atoms with Gasteiger partial charge in [0, 0.05) is 29.1 Å². The van der Waals surface area contributed by atoms with E-state index in [9.17, 15) is 4.79 Å². The third-order valence-corrected chi connectivity index (χ3v) is 6.71. The van der Waals surface area contributed by atoms with Crippen molar-refractivity contribution in [3.8, 4) is 5.69 Å². The SMILES string of the molecule is Cc1ccc(-n2nc(C)c3c(C)c(CCC(=O)NCc4ccccc4Cl)c(C)nc32)cc1C. The predicted octanol–water partition coefficient (Wildman–Crippen LogP) is 5.87. The Hall–Kier alpha value is -3.18. The summed E-state index contributed by atoms with van der Waals surface area (Å²) in [4.78, 5) is 17.4. The van der Waals surface area contributed by atoms with E-state index in [4.69, 9.17) is 21.7 Å². The van der Waals surface area contributed by atoms with Crippen LogP contribution in [-0.2, 0) is 17.8 Å². The third kappa shape index (κ3) is 4.64. The van der Waals surface area contributed by atoms with Crippen LogP contribution in [0.1, 0.15) is 45.6 Å². The maximum Gasteiger partial charge on any atom is 0.220 e. The van der Waals surface area contributed by atoms with Gasteiger partial charge in [-0.05, 0) is 87.1 Å². The molecule has 0 saturated heterocycles. The number of amides is 1. The summed E-state index contributed by atoms with van der Waals surface area (Å²) in [6.45, 7) is 10.8. The molecule has 0 unspecified atom stereocenters. The molecule has 33 heavy (non-hydrogen) atoms. The molecular formula is C27H29ClN4O. The maximum absolute atomic E-state index is 12.5. The van der Waals surface area contributed by atoms with Crippen LogP contribution in [0.3, 0.4) is 0 Å². The van der Waals surface area contributed by atoms with Crippen molar-refractivity contribution >= 4 is 28.5 Å². The van der Waals surface area contributed by atoms with Gasteiger partial charge in [0.25, 0.3) is 0 Å². The van der Waals surface area contributed by atoms with E-state index >= 15 is 0 Å². The third-order valence-electron chi connectivity index (χ3n) is 6.35. The summed E-state index contributed by atoms with van der Waals surface area (Å²) in [7, 11) is 0. The van der Waals surface area contributed by atoms with Crippen LogP contribution in [0.25, 0.3) is 16.7 Å². The molecule has 2 heterocycles. The molecule has 2 aromatic carbocycles. The van der Waals surface area contributed by atoms with Crippen LogP contribution < -0.4 is 5.32 Å². The van der Waals surface area contributed by atoms with Crippen molar-refractivity contribution in [3.63, 3.8) is 0 Å². The smallest absolute Gasteiger partial charge is 0.220 e. The lowest BCUT2D eigenvalue weighted by Crippen LogP contribution is -2.23. The fourth-order valence-corrected chi connectivity index (χ4v) is 4.48. The van der Waals surface area contributed by atoms with Crippen LogP contribution in [0.2, 0.25) is 5.02 Å². The van der Waals surface area contributed by atoms with E-state index in [2.05, 4.69) is 44.3 Å². The van der Waals surface area contributed by atoms with Crippen molar-refractivity contribution in [2.75, 3.05) is 0 Å². The van der Waals surface area contributed by atoms with Crippen LogP contribution >= 0.6 is 11.6 Å². The molecule has 4 rings (SSSR count). The molecule has 0 aliphatic heterocycles. The number of fused-ring (bicyclic) bond motifs is 1.